The molecule has 1 aromatic heterocycles. The maximum Gasteiger partial charge on any atom is 0.156 e. The number of benzene rings is 1. The largest absolute Gasteiger partial charge is 0.295 e. The van der Waals surface area contributed by atoms with E-state index in [1.165, 1.54) is 0 Å². The highest BCUT2D eigenvalue weighted by molar-refractivity contribution is 7.92. The van der Waals surface area contributed by atoms with Crippen LogP contribution in [0.25, 0.3) is 5.69 Å². The molecule has 0 N–H and O–H groups in total. The molecule has 23 heavy (non-hydrogen) atoms. The molecule has 0 spiro atoms. The van der Waals surface area contributed by atoms with E-state index in [4.69, 9.17) is 0 Å². The lowest BCUT2D eigenvalue weighted by Crippen LogP contribution is -2.33. The Bertz CT molecular complexity index is 768. The Balaban J connectivity index is 1.78. The third kappa shape index (κ3) is 3.30. The second-order valence-corrected chi connectivity index (χ2v) is 9.27. The van der Waals surface area contributed by atoms with Gasteiger partial charge in [-0.15, -0.1) is 0 Å². The molecule has 1 aliphatic rings. The predicted molar refractivity (Wildman–Crippen MR) is 89.1 cm³/mol. The molecule has 2 heterocycles. The van der Waals surface area contributed by atoms with E-state index in [0.29, 0.717) is 19.5 Å². The Morgan fingerprint density at radius 3 is 2.65 bits per heavy atom. The van der Waals surface area contributed by atoms with Crippen molar-refractivity contribution in [3.05, 3.63) is 42.5 Å². The molecular weight excluding hydrogens is 312 g/mol. The zero-order valence-electron chi connectivity index (χ0n) is 13.5. The van der Waals surface area contributed by atoms with Gasteiger partial charge >= 0.3 is 0 Å². The molecule has 1 aliphatic heterocycles. The summed E-state index contributed by atoms with van der Waals surface area (Å²) in [6.07, 6.45) is 2.18. The number of sulfone groups is 1. The first-order valence-corrected chi connectivity index (χ1v) is 9.43. The van der Waals surface area contributed by atoms with E-state index in [2.05, 4.69) is 15.0 Å². The third-order valence-corrected chi connectivity index (χ3v) is 7.14. The first-order valence-electron chi connectivity index (χ1n) is 7.78. The molecule has 3 rings (SSSR count). The average molecular weight is 334 g/mol. The van der Waals surface area contributed by atoms with Gasteiger partial charge < -0.3 is 0 Å². The molecule has 0 atom stereocenters. The average Bonchev–Trinajstić information content (AvgIpc) is 2.95. The Morgan fingerprint density at radius 1 is 1.17 bits per heavy atom. The molecule has 0 radical (unpaired) electrons. The van der Waals surface area contributed by atoms with Crippen molar-refractivity contribution in [1.29, 1.82) is 0 Å². The maximum absolute atomic E-state index is 12.3. The van der Waals surface area contributed by atoms with E-state index in [9.17, 15) is 8.42 Å². The molecule has 1 saturated heterocycles. The van der Waals surface area contributed by atoms with Gasteiger partial charge in [-0.2, -0.15) is 5.10 Å². The van der Waals surface area contributed by atoms with E-state index in [-0.39, 0.29) is 5.75 Å². The van der Waals surface area contributed by atoms with Crippen molar-refractivity contribution >= 4 is 9.84 Å². The van der Waals surface area contributed by atoms with E-state index in [1.807, 2.05) is 48.9 Å². The van der Waals surface area contributed by atoms with Crippen LogP contribution in [0.15, 0.2) is 36.7 Å². The van der Waals surface area contributed by atoms with Crippen LogP contribution in [0, 0.1) is 0 Å². The van der Waals surface area contributed by atoms with E-state index in [1.54, 1.807) is 6.33 Å². The molecule has 1 aromatic carbocycles. The van der Waals surface area contributed by atoms with Gasteiger partial charge in [-0.1, -0.05) is 18.2 Å². The maximum atomic E-state index is 12.3. The first kappa shape index (κ1) is 16.1. The second-order valence-electron chi connectivity index (χ2n) is 6.53. The van der Waals surface area contributed by atoms with Crippen LogP contribution in [0.2, 0.25) is 0 Å². The molecule has 0 amide bonds. The van der Waals surface area contributed by atoms with Crippen LogP contribution in [0.3, 0.4) is 0 Å². The van der Waals surface area contributed by atoms with Crippen LogP contribution in [0.4, 0.5) is 0 Å². The number of hydrogen-bond donors (Lipinski definition) is 0. The zero-order valence-corrected chi connectivity index (χ0v) is 14.3. The first-order chi connectivity index (χ1) is 10.9. The van der Waals surface area contributed by atoms with E-state index < -0.39 is 14.6 Å². The molecule has 124 valence electrons. The molecule has 0 unspecified atom stereocenters. The number of para-hydroxylation sites is 1. The summed E-state index contributed by atoms with van der Waals surface area (Å²) in [6.45, 7) is 5.51. The Morgan fingerprint density at radius 2 is 1.91 bits per heavy atom. The molecule has 6 nitrogen and oxygen atoms in total. The minimum atomic E-state index is -3.06. The highest BCUT2D eigenvalue weighted by Gasteiger charge is 2.37. The normalized spacial score (nSPS) is 21.0. The predicted octanol–water partition coefficient (Wildman–Crippen LogP) is 1.67. The minimum absolute atomic E-state index is 0.194. The van der Waals surface area contributed by atoms with Gasteiger partial charge in [-0.3, -0.25) is 4.90 Å². The zero-order chi connectivity index (χ0) is 16.5. The van der Waals surface area contributed by atoms with E-state index >= 15 is 0 Å². The van der Waals surface area contributed by atoms with Gasteiger partial charge in [0.1, 0.15) is 12.2 Å². The van der Waals surface area contributed by atoms with Crippen LogP contribution >= 0.6 is 0 Å². The topological polar surface area (TPSA) is 68.1 Å². The monoisotopic (exact) mass is 334 g/mol. The van der Waals surface area contributed by atoms with Crippen LogP contribution in [-0.4, -0.2) is 51.7 Å². The Labute approximate surface area is 137 Å². The van der Waals surface area contributed by atoms with Gasteiger partial charge in [0.15, 0.2) is 9.84 Å². The quantitative estimate of drug-likeness (QED) is 0.854. The van der Waals surface area contributed by atoms with Crippen molar-refractivity contribution in [2.75, 3.05) is 18.8 Å². The summed E-state index contributed by atoms with van der Waals surface area (Å²) in [6, 6.07) is 9.84. The Kier molecular flexibility index (Phi) is 4.25. The van der Waals surface area contributed by atoms with Crippen LogP contribution in [0.1, 0.15) is 26.1 Å². The molecule has 1 fully saturated rings. The van der Waals surface area contributed by atoms with Crippen LogP contribution in [0.5, 0.6) is 0 Å². The van der Waals surface area contributed by atoms with Gasteiger partial charge in [0.2, 0.25) is 0 Å². The van der Waals surface area contributed by atoms with Gasteiger partial charge in [0, 0.05) is 13.1 Å². The standard InChI is InChI=1S/C16H22N4O2S/c1-16(2)8-9-19(10-11-23(16,21)22)12-15-17-13-18-20(15)14-6-4-3-5-7-14/h3-7,13H,8-12H2,1-2H3. The second kappa shape index (κ2) is 6.05. The van der Waals surface area contributed by atoms with Gasteiger partial charge in [0.25, 0.3) is 0 Å². The summed E-state index contributed by atoms with van der Waals surface area (Å²) in [7, 11) is -3.06. The highest BCUT2D eigenvalue weighted by atomic mass is 32.2. The van der Waals surface area contributed by atoms with Crippen LogP contribution < -0.4 is 0 Å². The minimum Gasteiger partial charge on any atom is -0.295 e. The fourth-order valence-electron chi connectivity index (χ4n) is 2.74. The number of nitrogens with zero attached hydrogens (tertiary/aromatic N) is 4. The summed E-state index contributed by atoms with van der Waals surface area (Å²) in [5.74, 6) is 1.02. The molecule has 0 saturated carbocycles. The van der Waals surface area contributed by atoms with Crippen molar-refractivity contribution in [3.63, 3.8) is 0 Å². The van der Waals surface area contributed by atoms with E-state index in [0.717, 1.165) is 18.1 Å². The highest BCUT2D eigenvalue weighted by Crippen LogP contribution is 2.25. The summed E-state index contributed by atoms with van der Waals surface area (Å²) < 4.78 is 25.8. The Hall–Kier alpha value is -1.73. The lowest BCUT2D eigenvalue weighted by atomic mass is 10.1. The molecule has 0 bridgehead atoms. The lowest BCUT2D eigenvalue weighted by Gasteiger charge is -2.22. The number of hydrogen-bond acceptors (Lipinski definition) is 5. The molecular formula is C16H22N4O2S. The fourth-order valence-corrected chi connectivity index (χ4v) is 4.19. The summed E-state index contributed by atoms with van der Waals surface area (Å²) in [4.78, 5) is 6.50. The van der Waals surface area contributed by atoms with Crippen molar-refractivity contribution < 1.29 is 8.42 Å². The number of rotatable bonds is 3. The molecule has 0 aliphatic carbocycles. The van der Waals surface area contributed by atoms with Gasteiger partial charge in [0.05, 0.1) is 22.7 Å². The van der Waals surface area contributed by atoms with Gasteiger partial charge in [-0.05, 0) is 32.4 Å². The lowest BCUT2D eigenvalue weighted by molar-refractivity contribution is 0.267. The number of aromatic nitrogens is 3. The van der Waals surface area contributed by atoms with Crippen LogP contribution in [-0.2, 0) is 16.4 Å². The van der Waals surface area contributed by atoms with Gasteiger partial charge in [-0.25, -0.2) is 18.1 Å². The molecule has 7 heteroatoms. The SMILES string of the molecule is CC1(C)CCN(Cc2ncnn2-c2ccccc2)CCS1(=O)=O. The van der Waals surface area contributed by atoms with Crippen molar-refractivity contribution in [1.82, 2.24) is 19.7 Å². The van der Waals surface area contributed by atoms with Crippen molar-refractivity contribution in [3.8, 4) is 5.69 Å². The smallest absolute Gasteiger partial charge is 0.156 e. The third-order valence-electron chi connectivity index (χ3n) is 4.53. The molecule has 2 aromatic rings. The summed E-state index contributed by atoms with van der Waals surface area (Å²) in [5, 5.41) is 4.29. The van der Waals surface area contributed by atoms with Crippen molar-refractivity contribution in [2.24, 2.45) is 0 Å². The summed E-state index contributed by atoms with van der Waals surface area (Å²) in [5.41, 5.74) is 0.961. The summed E-state index contributed by atoms with van der Waals surface area (Å²) >= 11 is 0. The van der Waals surface area contributed by atoms with Crippen molar-refractivity contribution in [2.45, 2.75) is 31.6 Å². The fraction of sp³-hybridized carbons (Fsp3) is 0.500.